The smallest absolute Gasteiger partial charge is 0.233 e. The first-order chi connectivity index (χ1) is 13.7. The normalized spacial score (nSPS) is 14.0. The number of rotatable bonds is 5. The van der Waals surface area contributed by atoms with Crippen molar-refractivity contribution in [2.75, 3.05) is 41.7 Å². The van der Waals surface area contributed by atoms with Gasteiger partial charge in [-0.3, -0.25) is 0 Å². The second-order valence-corrected chi connectivity index (χ2v) is 6.29. The van der Waals surface area contributed by atoms with Crippen molar-refractivity contribution >= 4 is 29.2 Å². The van der Waals surface area contributed by atoms with E-state index in [2.05, 4.69) is 30.9 Å². The van der Waals surface area contributed by atoms with E-state index in [-0.39, 0.29) is 23.5 Å². The minimum absolute atomic E-state index is 0.271. The first-order valence-electron chi connectivity index (χ1n) is 8.93. The summed E-state index contributed by atoms with van der Waals surface area (Å²) in [7, 11) is 0. The molecule has 1 aliphatic heterocycles. The fourth-order valence-corrected chi connectivity index (χ4v) is 2.87. The average molecular weight is 383 g/mol. The van der Waals surface area contributed by atoms with Gasteiger partial charge in [0.15, 0.2) is 0 Å². The van der Waals surface area contributed by atoms with E-state index in [1.54, 1.807) is 24.3 Å². The second-order valence-electron chi connectivity index (χ2n) is 6.29. The number of anilines is 5. The van der Waals surface area contributed by atoms with E-state index in [1.165, 1.54) is 24.3 Å². The number of hydrogen-bond donors (Lipinski definition) is 3. The van der Waals surface area contributed by atoms with Gasteiger partial charge in [0.05, 0.1) is 0 Å². The van der Waals surface area contributed by atoms with Crippen LogP contribution in [0.15, 0.2) is 48.5 Å². The maximum atomic E-state index is 13.5. The molecule has 9 heteroatoms. The SMILES string of the molecule is Fc1cccc(Nc2nc(Nc3cccc(F)c3)nc(N3CCNCC3)n2)c1. The highest BCUT2D eigenvalue weighted by molar-refractivity contribution is 5.59. The van der Waals surface area contributed by atoms with Crippen LogP contribution in [0, 0.1) is 11.6 Å². The number of hydrogen-bond acceptors (Lipinski definition) is 7. The molecule has 1 aromatic heterocycles. The van der Waals surface area contributed by atoms with Gasteiger partial charge in [0.2, 0.25) is 17.8 Å². The molecule has 0 saturated carbocycles. The molecule has 28 heavy (non-hydrogen) atoms. The number of nitrogens with one attached hydrogen (secondary N) is 3. The second kappa shape index (κ2) is 8.13. The predicted molar refractivity (Wildman–Crippen MR) is 104 cm³/mol. The number of benzene rings is 2. The third kappa shape index (κ3) is 4.49. The third-order valence-corrected chi connectivity index (χ3v) is 4.18. The van der Waals surface area contributed by atoms with Gasteiger partial charge in [0.1, 0.15) is 11.6 Å². The van der Waals surface area contributed by atoms with E-state index in [9.17, 15) is 8.78 Å². The fraction of sp³-hybridized carbons (Fsp3) is 0.211. The Kier molecular flexibility index (Phi) is 5.24. The lowest BCUT2D eigenvalue weighted by atomic mass is 10.3. The number of nitrogens with zero attached hydrogens (tertiary/aromatic N) is 4. The molecule has 7 nitrogen and oxygen atoms in total. The van der Waals surface area contributed by atoms with Crippen molar-refractivity contribution < 1.29 is 8.78 Å². The highest BCUT2D eigenvalue weighted by Crippen LogP contribution is 2.21. The first-order valence-corrected chi connectivity index (χ1v) is 8.93. The summed E-state index contributed by atoms with van der Waals surface area (Å²) in [6.07, 6.45) is 0. The summed E-state index contributed by atoms with van der Waals surface area (Å²) in [4.78, 5) is 15.3. The summed E-state index contributed by atoms with van der Waals surface area (Å²) in [5.41, 5.74) is 1.04. The number of piperazine rings is 1. The molecule has 2 heterocycles. The van der Waals surface area contributed by atoms with Crippen LogP contribution >= 0.6 is 0 Å². The van der Waals surface area contributed by atoms with Crippen LogP contribution in [0.2, 0.25) is 0 Å². The van der Waals surface area contributed by atoms with Gasteiger partial charge in [-0.15, -0.1) is 0 Å². The molecule has 3 aromatic rings. The Balaban J connectivity index is 1.65. The Morgan fingerprint density at radius 1 is 0.786 bits per heavy atom. The highest BCUT2D eigenvalue weighted by atomic mass is 19.1. The maximum absolute atomic E-state index is 13.5. The summed E-state index contributed by atoms with van der Waals surface area (Å²) in [5.74, 6) is 0.314. The van der Waals surface area contributed by atoms with Gasteiger partial charge in [-0.05, 0) is 36.4 Å². The van der Waals surface area contributed by atoms with Crippen molar-refractivity contribution in [2.24, 2.45) is 0 Å². The molecule has 1 fully saturated rings. The zero-order chi connectivity index (χ0) is 19.3. The summed E-state index contributed by atoms with van der Waals surface area (Å²) in [5, 5.41) is 9.28. The summed E-state index contributed by atoms with van der Waals surface area (Å²) in [6.45, 7) is 3.15. The predicted octanol–water partition coefficient (Wildman–Crippen LogP) is 3.05. The minimum Gasteiger partial charge on any atom is -0.338 e. The zero-order valence-corrected chi connectivity index (χ0v) is 15.0. The van der Waals surface area contributed by atoms with Gasteiger partial charge in [0.25, 0.3) is 0 Å². The molecule has 0 unspecified atom stereocenters. The highest BCUT2D eigenvalue weighted by Gasteiger charge is 2.16. The van der Waals surface area contributed by atoms with Crippen LogP contribution in [0.25, 0.3) is 0 Å². The van der Waals surface area contributed by atoms with Crippen LogP contribution in [0.4, 0.5) is 38.0 Å². The van der Waals surface area contributed by atoms with E-state index in [1.807, 2.05) is 4.90 Å². The molecular formula is C19H19F2N7. The van der Waals surface area contributed by atoms with Crippen molar-refractivity contribution in [3.8, 4) is 0 Å². The molecule has 2 aromatic carbocycles. The molecule has 0 spiro atoms. The van der Waals surface area contributed by atoms with Gasteiger partial charge >= 0.3 is 0 Å². The van der Waals surface area contributed by atoms with Gasteiger partial charge in [-0.25, -0.2) is 8.78 Å². The molecule has 4 rings (SSSR count). The van der Waals surface area contributed by atoms with Crippen LogP contribution in [0.1, 0.15) is 0 Å². The van der Waals surface area contributed by atoms with Crippen LogP contribution in [0.3, 0.4) is 0 Å². The fourth-order valence-electron chi connectivity index (χ4n) is 2.87. The molecule has 0 bridgehead atoms. The van der Waals surface area contributed by atoms with Crippen molar-refractivity contribution in [1.29, 1.82) is 0 Å². The van der Waals surface area contributed by atoms with Gasteiger partial charge < -0.3 is 20.9 Å². The molecule has 0 atom stereocenters. The Morgan fingerprint density at radius 2 is 1.32 bits per heavy atom. The summed E-state index contributed by atoms with van der Waals surface area (Å²) in [6, 6.07) is 12.1. The van der Waals surface area contributed by atoms with Crippen LogP contribution in [0.5, 0.6) is 0 Å². The minimum atomic E-state index is -0.362. The van der Waals surface area contributed by atoms with Crippen molar-refractivity contribution in [3.63, 3.8) is 0 Å². The quantitative estimate of drug-likeness (QED) is 0.625. The molecule has 0 radical (unpaired) electrons. The van der Waals surface area contributed by atoms with Crippen LogP contribution in [-0.4, -0.2) is 41.1 Å². The zero-order valence-electron chi connectivity index (χ0n) is 15.0. The van der Waals surface area contributed by atoms with E-state index in [4.69, 9.17) is 0 Å². The molecule has 0 aliphatic carbocycles. The van der Waals surface area contributed by atoms with Gasteiger partial charge in [0, 0.05) is 37.6 Å². The first kappa shape index (κ1) is 18.1. The Labute approximate surface area is 160 Å². The van der Waals surface area contributed by atoms with Crippen molar-refractivity contribution in [2.45, 2.75) is 0 Å². The Morgan fingerprint density at radius 3 is 1.82 bits per heavy atom. The topological polar surface area (TPSA) is 78.0 Å². The summed E-state index contributed by atoms with van der Waals surface area (Å²) >= 11 is 0. The number of halogens is 2. The van der Waals surface area contributed by atoms with Gasteiger partial charge in [-0.2, -0.15) is 15.0 Å². The standard InChI is InChI=1S/C19H19F2N7/c20-13-3-1-5-15(11-13)23-17-25-18(24-16-6-2-4-14(21)12-16)27-19(26-17)28-9-7-22-8-10-28/h1-6,11-12,22H,7-10H2,(H2,23,24,25,26,27). The molecule has 1 aliphatic rings. The summed E-state index contributed by atoms with van der Waals surface area (Å²) < 4.78 is 27.0. The third-order valence-electron chi connectivity index (χ3n) is 4.18. The lowest BCUT2D eigenvalue weighted by molar-refractivity contribution is 0.579. The average Bonchev–Trinajstić information content (AvgIpc) is 2.68. The van der Waals surface area contributed by atoms with Crippen LogP contribution < -0.4 is 20.9 Å². The molecule has 1 saturated heterocycles. The Bertz CT molecular complexity index is 895. The monoisotopic (exact) mass is 383 g/mol. The van der Waals surface area contributed by atoms with E-state index in [0.717, 1.165) is 26.2 Å². The lowest BCUT2D eigenvalue weighted by Crippen LogP contribution is -2.44. The largest absolute Gasteiger partial charge is 0.338 e. The van der Waals surface area contributed by atoms with E-state index < -0.39 is 0 Å². The molecule has 144 valence electrons. The van der Waals surface area contributed by atoms with Crippen molar-refractivity contribution in [3.05, 3.63) is 60.2 Å². The lowest BCUT2D eigenvalue weighted by Gasteiger charge is -2.27. The van der Waals surface area contributed by atoms with Crippen LogP contribution in [-0.2, 0) is 0 Å². The molecule has 0 amide bonds. The molecular weight excluding hydrogens is 364 g/mol. The van der Waals surface area contributed by atoms with E-state index >= 15 is 0 Å². The number of aromatic nitrogens is 3. The maximum Gasteiger partial charge on any atom is 0.233 e. The Hall–Kier alpha value is -3.33. The van der Waals surface area contributed by atoms with E-state index in [0.29, 0.717) is 17.3 Å². The molecule has 3 N–H and O–H groups in total. The van der Waals surface area contributed by atoms with Crippen molar-refractivity contribution in [1.82, 2.24) is 20.3 Å². The van der Waals surface area contributed by atoms with Gasteiger partial charge in [-0.1, -0.05) is 12.1 Å².